The summed E-state index contributed by atoms with van der Waals surface area (Å²) in [7, 11) is 0. The van der Waals surface area contributed by atoms with Gasteiger partial charge in [-0.1, -0.05) is 40.7 Å². The molecule has 0 fully saturated rings. The first kappa shape index (κ1) is 15.6. The second kappa shape index (κ2) is 6.42. The molecule has 116 valence electrons. The highest BCUT2D eigenvalue weighted by Gasteiger charge is 2.27. The van der Waals surface area contributed by atoms with Gasteiger partial charge in [0.25, 0.3) is 0 Å². The SMILES string of the molecule is C=C(C)COc1ccc2c(c1)O/C(=C/c1ccccc1Br)C2=O. The van der Waals surface area contributed by atoms with Crippen molar-refractivity contribution in [3.05, 3.63) is 76.0 Å². The maximum absolute atomic E-state index is 12.4. The molecule has 0 aromatic heterocycles. The number of hydrogen-bond acceptors (Lipinski definition) is 3. The number of Topliss-reactive ketones (excluding diaryl/α,β-unsaturated/α-hetero) is 1. The van der Waals surface area contributed by atoms with Crippen LogP contribution in [0.25, 0.3) is 6.08 Å². The van der Waals surface area contributed by atoms with E-state index in [1.54, 1.807) is 24.3 Å². The number of ketones is 1. The highest BCUT2D eigenvalue weighted by Crippen LogP contribution is 2.35. The zero-order valence-electron chi connectivity index (χ0n) is 12.6. The number of carbonyl (C=O) groups is 1. The molecule has 0 radical (unpaired) electrons. The predicted molar refractivity (Wildman–Crippen MR) is 93.8 cm³/mol. The quantitative estimate of drug-likeness (QED) is 0.559. The Balaban J connectivity index is 1.87. The molecule has 1 aliphatic rings. The molecule has 1 aliphatic heterocycles. The second-order valence-corrected chi connectivity index (χ2v) is 6.22. The summed E-state index contributed by atoms with van der Waals surface area (Å²) in [6.45, 7) is 6.13. The Labute approximate surface area is 143 Å². The number of benzene rings is 2. The molecule has 0 unspecified atom stereocenters. The van der Waals surface area contributed by atoms with E-state index in [1.807, 2.05) is 31.2 Å². The van der Waals surface area contributed by atoms with E-state index in [4.69, 9.17) is 9.47 Å². The summed E-state index contributed by atoms with van der Waals surface area (Å²) < 4.78 is 12.2. The van der Waals surface area contributed by atoms with Crippen molar-refractivity contribution in [1.29, 1.82) is 0 Å². The van der Waals surface area contributed by atoms with Gasteiger partial charge in [-0.25, -0.2) is 0 Å². The Kier molecular flexibility index (Phi) is 4.35. The van der Waals surface area contributed by atoms with Crippen LogP contribution in [0.4, 0.5) is 0 Å². The van der Waals surface area contributed by atoms with Crippen LogP contribution >= 0.6 is 15.9 Å². The largest absolute Gasteiger partial charge is 0.489 e. The molecule has 3 nitrogen and oxygen atoms in total. The molecule has 0 bridgehead atoms. The number of fused-ring (bicyclic) bond motifs is 1. The zero-order chi connectivity index (χ0) is 16.4. The fourth-order valence-corrected chi connectivity index (χ4v) is 2.60. The minimum Gasteiger partial charge on any atom is -0.489 e. The molecule has 4 heteroatoms. The Hall–Kier alpha value is -2.33. The number of allylic oxidation sites excluding steroid dienone is 1. The van der Waals surface area contributed by atoms with Crippen LogP contribution in [-0.2, 0) is 0 Å². The Morgan fingerprint density at radius 1 is 1.30 bits per heavy atom. The van der Waals surface area contributed by atoms with Crippen molar-refractivity contribution in [3.63, 3.8) is 0 Å². The molecule has 0 N–H and O–H groups in total. The average molecular weight is 371 g/mol. The monoisotopic (exact) mass is 370 g/mol. The van der Waals surface area contributed by atoms with Crippen molar-refractivity contribution in [2.45, 2.75) is 6.92 Å². The van der Waals surface area contributed by atoms with Crippen LogP contribution in [0, 0.1) is 0 Å². The fourth-order valence-electron chi connectivity index (χ4n) is 2.20. The highest BCUT2D eigenvalue weighted by molar-refractivity contribution is 9.10. The topological polar surface area (TPSA) is 35.5 Å². The molecule has 0 saturated heterocycles. The molecule has 0 atom stereocenters. The Morgan fingerprint density at radius 3 is 2.83 bits per heavy atom. The highest BCUT2D eigenvalue weighted by atomic mass is 79.9. The third-order valence-corrected chi connectivity index (χ3v) is 4.04. The van der Waals surface area contributed by atoms with Gasteiger partial charge in [-0.15, -0.1) is 0 Å². The Morgan fingerprint density at radius 2 is 2.09 bits per heavy atom. The molecule has 0 spiro atoms. The Bertz CT molecular complexity index is 821. The van der Waals surface area contributed by atoms with Gasteiger partial charge in [0.1, 0.15) is 18.1 Å². The lowest BCUT2D eigenvalue weighted by Gasteiger charge is -2.06. The van der Waals surface area contributed by atoms with E-state index in [1.165, 1.54) is 0 Å². The fraction of sp³-hybridized carbons (Fsp3) is 0.105. The van der Waals surface area contributed by atoms with E-state index in [0.29, 0.717) is 29.4 Å². The number of halogens is 1. The minimum atomic E-state index is -0.123. The van der Waals surface area contributed by atoms with Crippen LogP contribution in [0.2, 0.25) is 0 Å². The van der Waals surface area contributed by atoms with Crippen molar-refractivity contribution in [3.8, 4) is 11.5 Å². The molecule has 2 aromatic carbocycles. The molecule has 23 heavy (non-hydrogen) atoms. The zero-order valence-corrected chi connectivity index (χ0v) is 14.2. The van der Waals surface area contributed by atoms with Crippen LogP contribution in [0.1, 0.15) is 22.8 Å². The van der Waals surface area contributed by atoms with Gasteiger partial charge in [-0.05, 0) is 42.3 Å². The summed E-state index contributed by atoms with van der Waals surface area (Å²) in [5.41, 5.74) is 2.37. The lowest BCUT2D eigenvalue weighted by Crippen LogP contribution is -1.98. The van der Waals surface area contributed by atoms with Crippen LogP contribution in [0.3, 0.4) is 0 Å². The summed E-state index contributed by atoms with van der Waals surface area (Å²) in [5, 5.41) is 0. The summed E-state index contributed by atoms with van der Waals surface area (Å²) in [5.74, 6) is 1.36. The summed E-state index contributed by atoms with van der Waals surface area (Å²) in [4.78, 5) is 12.4. The third-order valence-electron chi connectivity index (χ3n) is 3.32. The number of ether oxygens (including phenoxy) is 2. The second-order valence-electron chi connectivity index (χ2n) is 5.37. The van der Waals surface area contributed by atoms with E-state index in [0.717, 1.165) is 15.6 Å². The number of hydrogen-bond donors (Lipinski definition) is 0. The molecule has 0 amide bonds. The van der Waals surface area contributed by atoms with E-state index in [-0.39, 0.29) is 5.78 Å². The van der Waals surface area contributed by atoms with Gasteiger partial charge in [-0.3, -0.25) is 4.79 Å². The average Bonchev–Trinajstić information content (AvgIpc) is 2.83. The van der Waals surface area contributed by atoms with E-state index in [2.05, 4.69) is 22.5 Å². The maximum Gasteiger partial charge on any atom is 0.231 e. The first-order valence-corrected chi connectivity index (χ1v) is 7.94. The van der Waals surface area contributed by atoms with Gasteiger partial charge in [0.2, 0.25) is 5.78 Å². The van der Waals surface area contributed by atoms with Crippen LogP contribution in [-0.4, -0.2) is 12.4 Å². The van der Waals surface area contributed by atoms with Gasteiger partial charge in [0.05, 0.1) is 5.56 Å². The van der Waals surface area contributed by atoms with Crippen LogP contribution in [0.15, 0.2) is 64.8 Å². The first-order chi connectivity index (χ1) is 11.0. The van der Waals surface area contributed by atoms with Crippen LogP contribution in [0.5, 0.6) is 11.5 Å². The van der Waals surface area contributed by atoms with Crippen molar-refractivity contribution in [2.75, 3.05) is 6.61 Å². The maximum atomic E-state index is 12.4. The third kappa shape index (κ3) is 3.37. The van der Waals surface area contributed by atoms with Gasteiger partial charge in [0, 0.05) is 10.5 Å². The molecular formula is C19H15BrO3. The standard InChI is InChI=1S/C19H15BrO3/c1-12(2)11-22-14-7-8-15-17(10-14)23-18(19(15)21)9-13-5-3-4-6-16(13)20/h3-10H,1,11H2,2H3/b18-9+. The van der Waals surface area contributed by atoms with Crippen molar-refractivity contribution in [2.24, 2.45) is 0 Å². The summed E-state index contributed by atoms with van der Waals surface area (Å²) in [6, 6.07) is 12.9. The van der Waals surface area contributed by atoms with Gasteiger partial charge in [-0.2, -0.15) is 0 Å². The van der Waals surface area contributed by atoms with Gasteiger partial charge >= 0.3 is 0 Å². The van der Waals surface area contributed by atoms with Crippen LogP contribution < -0.4 is 9.47 Å². The molecule has 1 heterocycles. The smallest absolute Gasteiger partial charge is 0.231 e. The van der Waals surface area contributed by atoms with Gasteiger partial charge in [0.15, 0.2) is 5.76 Å². The molecule has 0 aliphatic carbocycles. The lowest BCUT2D eigenvalue weighted by molar-refractivity contribution is 0.101. The van der Waals surface area contributed by atoms with Crippen molar-refractivity contribution >= 4 is 27.8 Å². The molecule has 2 aromatic rings. The van der Waals surface area contributed by atoms with Crippen molar-refractivity contribution < 1.29 is 14.3 Å². The van der Waals surface area contributed by atoms with E-state index in [9.17, 15) is 4.79 Å². The number of rotatable bonds is 4. The minimum absolute atomic E-state index is 0.123. The lowest BCUT2D eigenvalue weighted by atomic mass is 10.1. The first-order valence-electron chi connectivity index (χ1n) is 7.14. The molecular weight excluding hydrogens is 356 g/mol. The van der Waals surface area contributed by atoms with E-state index < -0.39 is 0 Å². The molecule has 0 saturated carbocycles. The molecule has 3 rings (SSSR count). The van der Waals surface area contributed by atoms with E-state index >= 15 is 0 Å². The van der Waals surface area contributed by atoms with Crippen molar-refractivity contribution in [1.82, 2.24) is 0 Å². The summed E-state index contributed by atoms with van der Waals surface area (Å²) in [6.07, 6.45) is 1.74. The van der Waals surface area contributed by atoms with Gasteiger partial charge < -0.3 is 9.47 Å². The normalized spacial score (nSPS) is 14.5. The number of carbonyl (C=O) groups excluding carboxylic acids is 1. The predicted octanol–water partition coefficient (Wildman–Crippen LogP) is 5.02. The summed E-state index contributed by atoms with van der Waals surface area (Å²) >= 11 is 3.46.